The Morgan fingerprint density at radius 3 is 1.73 bits per heavy atom. The normalized spacial score (nSPS) is 10.4. The Labute approximate surface area is 72.3 Å². The largest absolute Gasteiger partial charge is 1.00 e. The molecule has 1 nitrogen and oxygen atoms in total. The van der Waals surface area contributed by atoms with Crippen LogP contribution in [0.2, 0.25) is 0 Å². The number of aliphatic hydroxyl groups is 1. The lowest BCUT2D eigenvalue weighted by atomic mass is 10.1. The summed E-state index contributed by atoms with van der Waals surface area (Å²) in [5, 5.41) is 8.51. The Morgan fingerprint density at radius 1 is 0.818 bits per heavy atom. The van der Waals surface area contributed by atoms with Crippen molar-refractivity contribution in [2.75, 3.05) is 6.61 Å². The number of hydrogen-bond acceptors (Lipinski definition) is 1. The molecule has 0 radical (unpaired) electrons. The first-order valence-electron chi connectivity index (χ1n) is 5.02. The first-order chi connectivity index (χ1) is 5.41. The van der Waals surface area contributed by atoms with E-state index in [4.69, 9.17) is 5.11 Å². The highest BCUT2D eigenvalue weighted by Crippen LogP contribution is 2.07. The maximum absolute atomic E-state index is 8.51. The Kier molecular flexibility index (Phi) is 9.92. The molecule has 0 heterocycles. The second-order valence-electron chi connectivity index (χ2n) is 3.20. The van der Waals surface area contributed by atoms with Gasteiger partial charge in [0.25, 0.3) is 0 Å². The lowest BCUT2D eigenvalue weighted by molar-refractivity contribution is 0.282. The molecular formula is C10H23O+. The summed E-state index contributed by atoms with van der Waals surface area (Å²) < 4.78 is 0. The van der Waals surface area contributed by atoms with E-state index in [0.29, 0.717) is 6.61 Å². The Balaban J connectivity index is 0. The maximum Gasteiger partial charge on any atom is 1.00 e. The molecule has 0 aromatic rings. The molecule has 0 saturated heterocycles. The molecular weight excluding hydrogens is 136 g/mol. The predicted octanol–water partition coefficient (Wildman–Crippen LogP) is 3.23. The van der Waals surface area contributed by atoms with Crippen LogP contribution in [-0.4, -0.2) is 11.7 Å². The first-order valence-corrected chi connectivity index (χ1v) is 5.02. The van der Waals surface area contributed by atoms with Gasteiger partial charge in [0, 0.05) is 6.61 Å². The van der Waals surface area contributed by atoms with Gasteiger partial charge in [-0.1, -0.05) is 51.9 Å². The van der Waals surface area contributed by atoms with Gasteiger partial charge in [0.1, 0.15) is 0 Å². The fourth-order valence-corrected chi connectivity index (χ4v) is 1.25. The second kappa shape index (κ2) is 9.96. The van der Waals surface area contributed by atoms with Gasteiger partial charge < -0.3 is 5.11 Å². The van der Waals surface area contributed by atoms with Crippen molar-refractivity contribution in [1.29, 1.82) is 0 Å². The Morgan fingerprint density at radius 2 is 1.27 bits per heavy atom. The molecule has 0 aromatic carbocycles. The molecule has 1 heteroatoms. The van der Waals surface area contributed by atoms with Crippen molar-refractivity contribution in [3.8, 4) is 0 Å². The molecule has 0 aromatic heterocycles. The number of hydrogen-bond donors (Lipinski definition) is 1. The van der Waals surface area contributed by atoms with Crippen molar-refractivity contribution >= 4 is 0 Å². The van der Waals surface area contributed by atoms with Crippen LogP contribution in [-0.2, 0) is 0 Å². The van der Waals surface area contributed by atoms with Gasteiger partial charge in [-0.25, -0.2) is 0 Å². The molecule has 11 heavy (non-hydrogen) atoms. The summed E-state index contributed by atoms with van der Waals surface area (Å²) in [5.41, 5.74) is 0. The topological polar surface area (TPSA) is 20.2 Å². The summed E-state index contributed by atoms with van der Waals surface area (Å²) in [4.78, 5) is 0. The third-order valence-electron chi connectivity index (χ3n) is 2.01. The molecule has 1 N–H and O–H groups in total. The minimum atomic E-state index is 0. The summed E-state index contributed by atoms with van der Waals surface area (Å²) in [7, 11) is 0. The smallest absolute Gasteiger partial charge is 0.396 e. The van der Waals surface area contributed by atoms with Crippen LogP contribution in [0.15, 0.2) is 0 Å². The summed E-state index contributed by atoms with van der Waals surface area (Å²) in [5.74, 6) is 0. The van der Waals surface area contributed by atoms with Crippen LogP contribution in [0.5, 0.6) is 0 Å². The zero-order chi connectivity index (χ0) is 8.36. The van der Waals surface area contributed by atoms with Gasteiger partial charge in [-0.15, -0.1) is 0 Å². The highest BCUT2D eigenvalue weighted by Gasteiger charge is 1.89. The van der Waals surface area contributed by atoms with E-state index < -0.39 is 0 Å². The minimum Gasteiger partial charge on any atom is -0.396 e. The standard InChI is InChI=1S/C10H22O/c1-2-3-4-5-6-7-8-9-10-11/h11H,2-10H2,1H3/p+1. The highest BCUT2D eigenvalue weighted by atomic mass is 16.2. The molecule has 0 aliphatic rings. The molecule has 0 amide bonds. The van der Waals surface area contributed by atoms with E-state index >= 15 is 0 Å². The predicted molar refractivity (Wildman–Crippen MR) is 50.8 cm³/mol. The van der Waals surface area contributed by atoms with E-state index in [2.05, 4.69) is 6.92 Å². The molecule has 0 spiro atoms. The summed E-state index contributed by atoms with van der Waals surface area (Å²) in [6.45, 7) is 2.61. The Bertz CT molecular complexity index is 58.9. The van der Waals surface area contributed by atoms with Crippen LogP contribution in [0.4, 0.5) is 0 Å². The molecule has 0 rings (SSSR count). The Hall–Kier alpha value is -0.0400. The van der Waals surface area contributed by atoms with E-state index in [-0.39, 0.29) is 1.43 Å². The second-order valence-corrected chi connectivity index (χ2v) is 3.20. The average molecular weight is 159 g/mol. The fourth-order valence-electron chi connectivity index (χ4n) is 1.25. The van der Waals surface area contributed by atoms with Gasteiger partial charge in [-0.05, 0) is 6.42 Å². The lowest BCUT2D eigenvalue weighted by Gasteiger charge is -1.98. The maximum atomic E-state index is 8.51. The molecule has 0 aliphatic heterocycles. The minimum absolute atomic E-state index is 0. The van der Waals surface area contributed by atoms with Crippen LogP contribution < -0.4 is 0 Å². The quantitative estimate of drug-likeness (QED) is 0.539. The summed E-state index contributed by atoms with van der Waals surface area (Å²) >= 11 is 0. The number of unbranched alkanes of at least 4 members (excludes halogenated alkanes) is 7. The van der Waals surface area contributed by atoms with Crippen molar-refractivity contribution in [3.63, 3.8) is 0 Å². The van der Waals surface area contributed by atoms with Gasteiger partial charge in [-0.3, -0.25) is 0 Å². The van der Waals surface area contributed by atoms with Gasteiger partial charge in [-0.2, -0.15) is 0 Å². The van der Waals surface area contributed by atoms with Gasteiger partial charge in [0.05, 0.1) is 0 Å². The summed E-state index contributed by atoms with van der Waals surface area (Å²) in [6, 6.07) is 0. The number of rotatable bonds is 8. The van der Waals surface area contributed by atoms with Crippen molar-refractivity contribution in [2.45, 2.75) is 58.3 Å². The summed E-state index contributed by atoms with van der Waals surface area (Å²) in [6.07, 6.45) is 10.4. The van der Waals surface area contributed by atoms with Crippen molar-refractivity contribution < 1.29 is 6.53 Å². The number of aliphatic hydroxyl groups excluding tert-OH is 1. The van der Waals surface area contributed by atoms with Crippen LogP contribution in [0.3, 0.4) is 0 Å². The molecule has 0 aliphatic carbocycles. The van der Waals surface area contributed by atoms with Gasteiger partial charge >= 0.3 is 1.43 Å². The van der Waals surface area contributed by atoms with Crippen molar-refractivity contribution in [3.05, 3.63) is 0 Å². The lowest BCUT2D eigenvalue weighted by Crippen LogP contribution is -1.83. The van der Waals surface area contributed by atoms with Gasteiger partial charge in [0.2, 0.25) is 0 Å². The third-order valence-corrected chi connectivity index (χ3v) is 2.01. The molecule has 0 saturated carbocycles. The highest BCUT2D eigenvalue weighted by molar-refractivity contribution is 4.44. The van der Waals surface area contributed by atoms with Crippen LogP contribution >= 0.6 is 0 Å². The average Bonchev–Trinajstić information content (AvgIpc) is 2.03. The van der Waals surface area contributed by atoms with E-state index in [1.807, 2.05) is 0 Å². The molecule has 0 fully saturated rings. The van der Waals surface area contributed by atoms with Gasteiger partial charge in [0.15, 0.2) is 0 Å². The SMILES string of the molecule is CCCCCCCCCCO.[H+]. The fraction of sp³-hybridized carbons (Fsp3) is 1.00. The first kappa shape index (κ1) is 11.0. The monoisotopic (exact) mass is 159 g/mol. The molecule has 0 bridgehead atoms. The van der Waals surface area contributed by atoms with Crippen molar-refractivity contribution in [2.24, 2.45) is 0 Å². The molecule has 68 valence electrons. The zero-order valence-corrected chi connectivity index (χ0v) is 7.81. The van der Waals surface area contributed by atoms with Crippen LogP contribution in [0.1, 0.15) is 59.7 Å². The van der Waals surface area contributed by atoms with E-state index in [1.54, 1.807) is 0 Å². The van der Waals surface area contributed by atoms with E-state index in [9.17, 15) is 0 Å². The zero-order valence-electron chi connectivity index (χ0n) is 8.81. The van der Waals surface area contributed by atoms with Crippen molar-refractivity contribution in [1.82, 2.24) is 0 Å². The molecule has 0 unspecified atom stereocenters. The van der Waals surface area contributed by atoms with E-state index in [1.165, 1.54) is 44.9 Å². The molecule has 0 atom stereocenters. The van der Waals surface area contributed by atoms with E-state index in [0.717, 1.165) is 6.42 Å². The third kappa shape index (κ3) is 9.96. The van der Waals surface area contributed by atoms with Crippen LogP contribution in [0, 0.1) is 0 Å². The van der Waals surface area contributed by atoms with Crippen LogP contribution in [0.25, 0.3) is 0 Å².